The van der Waals surface area contributed by atoms with Crippen LogP contribution in [-0.4, -0.2) is 11.7 Å². The van der Waals surface area contributed by atoms with Crippen LogP contribution in [0.1, 0.15) is 38.2 Å². The molecule has 0 aromatic carbocycles. The van der Waals surface area contributed by atoms with Gasteiger partial charge in [0.25, 0.3) is 0 Å². The van der Waals surface area contributed by atoms with E-state index in [1.54, 1.807) is 0 Å². The van der Waals surface area contributed by atoms with Crippen molar-refractivity contribution in [3.8, 4) is 0 Å². The maximum atomic E-state index is 8.81. The Kier molecular flexibility index (Phi) is 5.43. The fraction of sp³-hybridized carbons (Fsp3) is 0.667. The van der Waals surface area contributed by atoms with Crippen LogP contribution in [0.5, 0.6) is 0 Å². The van der Waals surface area contributed by atoms with Crippen LogP contribution in [0.15, 0.2) is 16.5 Å². The topological polar surface area (TPSA) is 45.4 Å². The van der Waals surface area contributed by atoms with Gasteiger partial charge in [-0.3, -0.25) is 0 Å². The van der Waals surface area contributed by atoms with Gasteiger partial charge < -0.3 is 14.8 Å². The van der Waals surface area contributed by atoms with Crippen LogP contribution < -0.4 is 5.32 Å². The highest BCUT2D eigenvalue weighted by atomic mass is 16.4. The molecule has 0 unspecified atom stereocenters. The molecule has 0 aliphatic heterocycles. The summed E-state index contributed by atoms with van der Waals surface area (Å²) in [5, 5.41) is 12.1. The zero-order chi connectivity index (χ0) is 11.1. The zero-order valence-corrected chi connectivity index (χ0v) is 9.62. The molecule has 0 saturated heterocycles. The average Bonchev–Trinajstić information content (AvgIpc) is 2.65. The maximum absolute atomic E-state index is 8.81. The van der Waals surface area contributed by atoms with E-state index in [2.05, 4.69) is 19.2 Å². The molecule has 86 valence electrons. The van der Waals surface area contributed by atoms with Crippen LogP contribution in [0.4, 0.5) is 0 Å². The van der Waals surface area contributed by atoms with E-state index in [1.807, 2.05) is 12.1 Å². The molecule has 1 rings (SSSR count). The Labute approximate surface area is 91.5 Å². The summed E-state index contributed by atoms with van der Waals surface area (Å²) in [4.78, 5) is 0. The van der Waals surface area contributed by atoms with Crippen LogP contribution in [0.2, 0.25) is 0 Å². The van der Waals surface area contributed by atoms with E-state index in [0.717, 1.165) is 24.8 Å². The van der Waals surface area contributed by atoms with Crippen molar-refractivity contribution in [3.05, 3.63) is 23.7 Å². The molecule has 3 heteroatoms. The Morgan fingerprint density at radius 1 is 1.33 bits per heavy atom. The summed E-state index contributed by atoms with van der Waals surface area (Å²) < 4.78 is 5.35. The first kappa shape index (κ1) is 12.3. The molecule has 0 amide bonds. The van der Waals surface area contributed by atoms with Crippen molar-refractivity contribution in [1.29, 1.82) is 0 Å². The molecule has 0 atom stereocenters. The molecule has 15 heavy (non-hydrogen) atoms. The van der Waals surface area contributed by atoms with Gasteiger partial charge in [-0.1, -0.05) is 13.8 Å². The van der Waals surface area contributed by atoms with Gasteiger partial charge in [-0.2, -0.15) is 0 Å². The van der Waals surface area contributed by atoms with Crippen LogP contribution in [-0.2, 0) is 13.2 Å². The van der Waals surface area contributed by atoms with Gasteiger partial charge in [0.05, 0.1) is 6.54 Å². The highest BCUT2D eigenvalue weighted by Gasteiger charge is 2.00. The van der Waals surface area contributed by atoms with E-state index < -0.39 is 0 Å². The Bertz CT molecular complexity index is 268. The summed E-state index contributed by atoms with van der Waals surface area (Å²) in [5.41, 5.74) is 0. The first-order valence-electron chi connectivity index (χ1n) is 5.61. The van der Waals surface area contributed by atoms with Crippen LogP contribution in [0.3, 0.4) is 0 Å². The third-order valence-corrected chi connectivity index (χ3v) is 2.31. The first-order chi connectivity index (χ1) is 7.22. The van der Waals surface area contributed by atoms with E-state index in [4.69, 9.17) is 9.52 Å². The highest BCUT2D eigenvalue weighted by molar-refractivity contribution is 5.05. The fourth-order valence-corrected chi connectivity index (χ4v) is 1.45. The lowest BCUT2D eigenvalue weighted by molar-refractivity contribution is 0.242. The number of aliphatic hydroxyl groups is 1. The third kappa shape index (κ3) is 5.00. The molecule has 0 aliphatic carbocycles. The second-order valence-corrected chi connectivity index (χ2v) is 4.24. The standard InChI is InChI=1S/C12H21NO2/c1-10(2)4-3-7-13-8-11-5-6-12(9-14)15-11/h5-6,10,13-14H,3-4,7-9H2,1-2H3. The van der Waals surface area contributed by atoms with Crippen molar-refractivity contribution in [3.63, 3.8) is 0 Å². The van der Waals surface area contributed by atoms with Crippen molar-refractivity contribution >= 4 is 0 Å². The van der Waals surface area contributed by atoms with Gasteiger partial charge >= 0.3 is 0 Å². The molecule has 1 aromatic heterocycles. The zero-order valence-electron chi connectivity index (χ0n) is 9.62. The SMILES string of the molecule is CC(C)CCCNCc1ccc(CO)o1. The smallest absolute Gasteiger partial charge is 0.129 e. The van der Waals surface area contributed by atoms with Crippen LogP contribution >= 0.6 is 0 Å². The summed E-state index contributed by atoms with van der Waals surface area (Å²) in [7, 11) is 0. The summed E-state index contributed by atoms with van der Waals surface area (Å²) in [6.07, 6.45) is 2.46. The van der Waals surface area contributed by atoms with E-state index in [0.29, 0.717) is 5.76 Å². The number of aliphatic hydroxyl groups excluding tert-OH is 1. The molecule has 2 N–H and O–H groups in total. The van der Waals surface area contributed by atoms with Crippen molar-refractivity contribution in [2.45, 2.75) is 39.8 Å². The van der Waals surface area contributed by atoms with Gasteiger partial charge in [0.2, 0.25) is 0 Å². The Morgan fingerprint density at radius 2 is 2.07 bits per heavy atom. The number of furan rings is 1. The molecule has 0 fully saturated rings. The lowest BCUT2D eigenvalue weighted by Gasteiger charge is -2.04. The van der Waals surface area contributed by atoms with E-state index in [1.165, 1.54) is 12.8 Å². The predicted octanol–water partition coefficient (Wildman–Crippen LogP) is 2.30. The number of rotatable bonds is 7. The second kappa shape index (κ2) is 6.64. The van der Waals surface area contributed by atoms with Gasteiger partial charge in [0.1, 0.15) is 18.1 Å². The van der Waals surface area contributed by atoms with Crippen molar-refractivity contribution in [1.82, 2.24) is 5.32 Å². The molecule has 0 spiro atoms. The van der Waals surface area contributed by atoms with Crippen molar-refractivity contribution < 1.29 is 9.52 Å². The normalized spacial score (nSPS) is 11.2. The Hall–Kier alpha value is -0.800. The third-order valence-electron chi connectivity index (χ3n) is 2.31. The average molecular weight is 211 g/mol. The maximum Gasteiger partial charge on any atom is 0.129 e. The minimum absolute atomic E-state index is 0.0205. The monoisotopic (exact) mass is 211 g/mol. The van der Waals surface area contributed by atoms with Gasteiger partial charge in [-0.15, -0.1) is 0 Å². The van der Waals surface area contributed by atoms with Crippen molar-refractivity contribution in [2.75, 3.05) is 6.54 Å². The molecule has 1 aromatic rings. The lowest BCUT2D eigenvalue weighted by Crippen LogP contribution is -2.14. The van der Waals surface area contributed by atoms with Crippen LogP contribution in [0, 0.1) is 5.92 Å². The highest BCUT2D eigenvalue weighted by Crippen LogP contribution is 2.07. The molecule has 1 heterocycles. The molecule has 0 bridgehead atoms. The minimum atomic E-state index is -0.0205. The molecular formula is C12H21NO2. The van der Waals surface area contributed by atoms with E-state index in [9.17, 15) is 0 Å². The minimum Gasteiger partial charge on any atom is -0.462 e. The second-order valence-electron chi connectivity index (χ2n) is 4.24. The number of nitrogens with one attached hydrogen (secondary N) is 1. The summed E-state index contributed by atoms with van der Waals surface area (Å²) >= 11 is 0. The van der Waals surface area contributed by atoms with E-state index in [-0.39, 0.29) is 6.61 Å². The predicted molar refractivity (Wildman–Crippen MR) is 60.4 cm³/mol. The summed E-state index contributed by atoms with van der Waals surface area (Å²) in [6, 6.07) is 3.71. The molecule has 0 saturated carbocycles. The van der Waals surface area contributed by atoms with E-state index >= 15 is 0 Å². The summed E-state index contributed by atoms with van der Waals surface area (Å²) in [6.45, 7) is 6.22. The molecule has 3 nitrogen and oxygen atoms in total. The largest absolute Gasteiger partial charge is 0.462 e. The Balaban J connectivity index is 2.09. The van der Waals surface area contributed by atoms with Gasteiger partial charge in [0.15, 0.2) is 0 Å². The first-order valence-corrected chi connectivity index (χ1v) is 5.61. The molecular weight excluding hydrogens is 190 g/mol. The van der Waals surface area contributed by atoms with Gasteiger partial charge in [-0.05, 0) is 37.4 Å². The number of hydrogen-bond donors (Lipinski definition) is 2. The summed E-state index contributed by atoms with van der Waals surface area (Å²) in [5.74, 6) is 2.30. The number of hydrogen-bond acceptors (Lipinski definition) is 3. The molecule has 0 aliphatic rings. The van der Waals surface area contributed by atoms with Gasteiger partial charge in [-0.25, -0.2) is 0 Å². The van der Waals surface area contributed by atoms with Gasteiger partial charge in [0, 0.05) is 0 Å². The molecule has 0 radical (unpaired) electrons. The Morgan fingerprint density at radius 3 is 2.67 bits per heavy atom. The van der Waals surface area contributed by atoms with Crippen LogP contribution in [0.25, 0.3) is 0 Å². The lowest BCUT2D eigenvalue weighted by atomic mass is 10.1. The quantitative estimate of drug-likeness (QED) is 0.680. The van der Waals surface area contributed by atoms with Crippen molar-refractivity contribution in [2.24, 2.45) is 5.92 Å². The fourth-order valence-electron chi connectivity index (χ4n) is 1.45.